The molecule has 0 radical (unpaired) electrons. The van der Waals surface area contributed by atoms with Gasteiger partial charge in [-0.25, -0.2) is 0 Å². The van der Waals surface area contributed by atoms with Crippen LogP contribution in [0.4, 0.5) is 5.69 Å². The Kier molecular flexibility index (Phi) is 4.00. The van der Waals surface area contributed by atoms with Crippen LogP contribution in [-0.4, -0.2) is 22.5 Å². The van der Waals surface area contributed by atoms with E-state index in [1.807, 2.05) is 38.1 Å². The Morgan fingerprint density at radius 3 is 2.55 bits per heavy atom. The number of anilines is 1. The molecule has 0 amide bonds. The van der Waals surface area contributed by atoms with Crippen molar-refractivity contribution >= 4 is 11.5 Å². The van der Waals surface area contributed by atoms with Gasteiger partial charge in [-0.1, -0.05) is 29.8 Å². The molecule has 0 saturated heterocycles. The van der Waals surface area contributed by atoms with Crippen LogP contribution in [0.25, 0.3) is 0 Å². The Labute approximate surface area is 120 Å². The maximum absolute atomic E-state index is 12.2. The summed E-state index contributed by atoms with van der Waals surface area (Å²) in [4.78, 5) is 12.2. The first kappa shape index (κ1) is 14.8. The topological polar surface area (TPSA) is 49.3 Å². The predicted octanol–water partition coefficient (Wildman–Crippen LogP) is 3.08. The van der Waals surface area contributed by atoms with E-state index in [1.165, 1.54) is 5.56 Å². The third-order valence-corrected chi connectivity index (χ3v) is 4.28. The molecule has 1 aliphatic rings. The molecule has 3 atom stereocenters. The van der Waals surface area contributed by atoms with E-state index in [1.54, 1.807) is 6.92 Å². The van der Waals surface area contributed by atoms with Gasteiger partial charge in [-0.05, 0) is 45.2 Å². The highest BCUT2D eigenvalue weighted by Gasteiger charge is 2.45. The standard InChI is InChI=1S/C17H23NO2/c1-11(2)13-9-15(17(4,20)16(19)10-13)18-14-7-5-12(3)6-8-14/h5-8,13,15,18,20H,1,9-10H2,2-4H3. The largest absolute Gasteiger partial charge is 0.380 e. The number of Topliss-reactive ketones (excluding diaryl/α,β-unsaturated/α-hetero) is 1. The molecule has 1 aromatic rings. The number of benzene rings is 1. The van der Waals surface area contributed by atoms with Gasteiger partial charge in [-0.3, -0.25) is 4.79 Å². The summed E-state index contributed by atoms with van der Waals surface area (Å²) >= 11 is 0. The number of rotatable bonds is 3. The minimum atomic E-state index is -1.32. The molecule has 3 heteroatoms. The average Bonchev–Trinajstić information content (AvgIpc) is 2.37. The van der Waals surface area contributed by atoms with Gasteiger partial charge in [0.1, 0.15) is 5.60 Å². The first-order valence-electron chi connectivity index (χ1n) is 7.05. The van der Waals surface area contributed by atoms with E-state index in [0.717, 1.165) is 17.7 Å². The highest BCUT2D eigenvalue weighted by atomic mass is 16.3. The van der Waals surface area contributed by atoms with Gasteiger partial charge in [0.2, 0.25) is 0 Å². The van der Waals surface area contributed by atoms with Crippen molar-refractivity contribution in [2.45, 2.75) is 45.3 Å². The van der Waals surface area contributed by atoms with Gasteiger partial charge in [0.15, 0.2) is 5.78 Å². The summed E-state index contributed by atoms with van der Waals surface area (Å²) in [5, 5.41) is 13.8. The van der Waals surface area contributed by atoms with Crippen LogP contribution in [0.1, 0.15) is 32.3 Å². The fourth-order valence-electron chi connectivity index (χ4n) is 2.65. The highest BCUT2D eigenvalue weighted by Crippen LogP contribution is 2.34. The zero-order valence-corrected chi connectivity index (χ0v) is 12.4. The third-order valence-electron chi connectivity index (χ3n) is 4.28. The number of ketones is 1. The van der Waals surface area contributed by atoms with E-state index in [2.05, 4.69) is 11.9 Å². The van der Waals surface area contributed by atoms with Gasteiger partial charge >= 0.3 is 0 Å². The molecule has 0 heterocycles. The van der Waals surface area contributed by atoms with Crippen molar-refractivity contribution in [3.63, 3.8) is 0 Å². The van der Waals surface area contributed by atoms with E-state index in [-0.39, 0.29) is 17.7 Å². The number of nitrogens with one attached hydrogen (secondary N) is 1. The van der Waals surface area contributed by atoms with Gasteiger partial charge in [0.05, 0.1) is 6.04 Å². The fraction of sp³-hybridized carbons (Fsp3) is 0.471. The van der Waals surface area contributed by atoms with Crippen LogP contribution in [0.5, 0.6) is 0 Å². The van der Waals surface area contributed by atoms with Crippen LogP contribution in [-0.2, 0) is 4.79 Å². The second-order valence-corrected chi connectivity index (χ2v) is 6.12. The van der Waals surface area contributed by atoms with Crippen LogP contribution in [0.3, 0.4) is 0 Å². The first-order valence-corrected chi connectivity index (χ1v) is 7.05. The summed E-state index contributed by atoms with van der Waals surface area (Å²) in [6.07, 6.45) is 1.11. The Balaban J connectivity index is 2.20. The smallest absolute Gasteiger partial charge is 0.166 e. The molecule has 20 heavy (non-hydrogen) atoms. The molecule has 3 unspecified atom stereocenters. The average molecular weight is 273 g/mol. The lowest BCUT2D eigenvalue weighted by atomic mass is 9.73. The molecule has 1 fully saturated rings. The quantitative estimate of drug-likeness (QED) is 0.832. The van der Waals surface area contributed by atoms with Crippen LogP contribution < -0.4 is 5.32 Å². The molecule has 3 nitrogen and oxygen atoms in total. The van der Waals surface area contributed by atoms with Gasteiger partial charge in [-0.15, -0.1) is 0 Å². The molecule has 0 spiro atoms. The zero-order chi connectivity index (χ0) is 14.9. The predicted molar refractivity (Wildman–Crippen MR) is 81.8 cm³/mol. The molecule has 0 bridgehead atoms. The summed E-state index contributed by atoms with van der Waals surface area (Å²) in [5.41, 5.74) is 1.79. The third kappa shape index (κ3) is 2.93. The molecular weight excluding hydrogens is 250 g/mol. The van der Waals surface area contributed by atoms with Crippen LogP contribution in [0, 0.1) is 12.8 Å². The molecule has 108 valence electrons. The molecular formula is C17H23NO2. The Bertz CT molecular complexity index is 516. The Morgan fingerprint density at radius 2 is 2.00 bits per heavy atom. The maximum Gasteiger partial charge on any atom is 0.166 e. The summed E-state index contributed by atoms with van der Waals surface area (Å²) in [6, 6.07) is 7.68. The SMILES string of the molecule is C=C(C)C1CC(=O)C(C)(O)C(Nc2ccc(C)cc2)C1. The molecule has 2 N–H and O–H groups in total. The number of carbonyl (C=O) groups excluding carboxylic acids is 1. The molecule has 1 saturated carbocycles. The van der Waals surface area contributed by atoms with Crippen molar-refractivity contribution in [1.29, 1.82) is 0 Å². The van der Waals surface area contributed by atoms with Crippen molar-refractivity contribution in [2.75, 3.05) is 5.32 Å². The monoisotopic (exact) mass is 273 g/mol. The Hall–Kier alpha value is -1.61. The highest BCUT2D eigenvalue weighted by molar-refractivity contribution is 5.89. The second-order valence-electron chi connectivity index (χ2n) is 6.12. The van der Waals surface area contributed by atoms with E-state index >= 15 is 0 Å². The minimum Gasteiger partial charge on any atom is -0.380 e. The van der Waals surface area contributed by atoms with Crippen molar-refractivity contribution in [3.8, 4) is 0 Å². The van der Waals surface area contributed by atoms with Gasteiger partial charge in [0, 0.05) is 12.1 Å². The van der Waals surface area contributed by atoms with Crippen LogP contribution >= 0.6 is 0 Å². The van der Waals surface area contributed by atoms with Gasteiger partial charge in [-0.2, -0.15) is 0 Å². The normalized spacial score (nSPS) is 30.1. The lowest BCUT2D eigenvalue weighted by Gasteiger charge is -2.40. The van der Waals surface area contributed by atoms with E-state index in [0.29, 0.717) is 6.42 Å². The fourth-order valence-corrected chi connectivity index (χ4v) is 2.65. The Morgan fingerprint density at radius 1 is 1.40 bits per heavy atom. The summed E-state index contributed by atoms with van der Waals surface area (Å²) in [6.45, 7) is 9.53. The zero-order valence-electron chi connectivity index (χ0n) is 12.4. The molecule has 1 aromatic carbocycles. The van der Waals surface area contributed by atoms with Crippen molar-refractivity contribution in [2.24, 2.45) is 5.92 Å². The first-order chi connectivity index (χ1) is 9.30. The molecule has 0 aromatic heterocycles. The maximum atomic E-state index is 12.2. The number of aliphatic hydroxyl groups is 1. The van der Waals surface area contributed by atoms with E-state index < -0.39 is 5.60 Å². The molecule has 0 aliphatic heterocycles. The molecule has 1 aliphatic carbocycles. The van der Waals surface area contributed by atoms with Crippen molar-refractivity contribution < 1.29 is 9.90 Å². The lowest BCUT2D eigenvalue weighted by molar-refractivity contribution is -0.141. The van der Waals surface area contributed by atoms with Crippen molar-refractivity contribution in [1.82, 2.24) is 0 Å². The summed E-state index contributed by atoms with van der Waals surface area (Å²) in [7, 11) is 0. The van der Waals surface area contributed by atoms with E-state index in [4.69, 9.17) is 0 Å². The summed E-state index contributed by atoms with van der Waals surface area (Å²) in [5.74, 6) is 0.0343. The lowest BCUT2D eigenvalue weighted by Crippen LogP contribution is -2.55. The van der Waals surface area contributed by atoms with Gasteiger partial charge < -0.3 is 10.4 Å². The second kappa shape index (κ2) is 5.41. The van der Waals surface area contributed by atoms with Crippen LogP contribution in [0.15, 0.2) is 36.4 Å². The van der Waals surface area contributed by atoms with Crippen molar-refractivity contribution in [3.05, 3.63) is 42.0 Å². The minimum absolute atomic E-state index is 0.110. The number of aryl methyl sites for hydroxylation is 1. The summed E-state index contributed by atoms with van der Waals surface area (Å²) < 4.78 is 0. The number of carbonyl (C=O) groups is 1. The van der Waals surface area contributed by atoms with Gasteiger partial charge in [0.25, 0.3) is 0 Å². The number of hydrogen-bond donors (Lipinski definition) is 2. The molecule has 2 rings (SSSR count). The van der Waals surface area contributed by atoms with E-state index in [9.17, 15) is 9.90 Å². The number of allylic oxidation sites excluding steroid dienone is 1. The number of hydrogen-bond acceptors (Lipinski definition) is 3. The van der Waals surface area contributed by atoms with Crippen LogP contribution in [0.2, 0.25) is 0 Å².